The van der Waals surface area contributed by atoms with E-state index >= 15 is 0 Å². The normalized spacial score (nSPS) is 52.0. The Morgan fingerprint density at radius 3 is 2.67 bits per heavy atom. The van der Waals surface area contributed by atoms with Crippen molar-refractivity contribution in [3.05, 3.63) is 11.6 Å². The third-order valence-electron chi connectivity index (χ3n) is 8.69. The van der Waals surface area contributed by atoms with E-state index in [9.17, 15) is 15.0 Å². The molecule has 1 unspecified atom stereocenters. The molecule has 0 aromatic carbocycles. The summed E-state index contributed by atoms with van der Waals surface area (Å²) in [6, 6.07) is 0. The van der Waals surface area contributed by atoms with Crippen LogP contribution >= 0.6 is 15.9 Å². The molecule has 0 amide bonds. The first-order valence-electron chi connectivity index (χ1n) is 10.4. The summed E-state index contributed by atoms with van der Waals surface area (Å²) in [5.74, 6) is 0.840. The van der Waals surface area contributed by atoms with Crippen LogP contribution in [-0.2, 0) is 9.53 Å². The van der Waals surface area contributed by atoms with Gasteiger partial charge >= 0.3 is 5.97 Å². The van der Waals surface area contributed by atoms with Gasteiger partial charge in [-0.25, -0.2) is 0 Å². The first kappa shape index (κ1) is 19.9. The van der Waals surface area contributed by atoms with Gasteiger partial charge in [0.1, 0.15) is 6.10 Å². The smallest absolute Gasteiger partial charge is 0.302 e. The predicted octanol–water partition coefficient (Wildman–Crippen LogP) is 3.83. The molecule has 9 atom stereocenters. The summed E-state index contributed by atoms with van der Waals surface area (Å²) in [5.41, 5.74) is 1.48. The van der Waals surface area contributed by atoms with Crippen LogP contribution in [0.3, 0.4) is 0 Å². The quantitative estimate of drug-likeness (QED) is 0.397. The largest absolute Gasteiger partial charge is 0.462 e. The number of aliphatic hydroxyl groups excluding tert-OH is 2. The second-order valence-electron chi connectivity index (χ2n) is 10.4. The summed E-state index contributed by atoms with van der Waals surface area (Å²) in [4.78, 5) is 11.7. The molecule has 4 aliphatic rings. The number of esters is 1. The molecule has 3 saturated carbocycles. The molecule has 0 radical (unpaired) electrons. The number of alkyl halides is 1. The summed E-state index contributed by atoms with van der Waals surface area (Å²) in [7, 11) is 0. The van der Waals surface area contributed by atoms with Gasteiger partial charge < -0.3 is 14.9 Å². The molecule has 0 saturated heterocycles. The van der Waals surface area contributed by atoms with Gasteiger partial charge in [0, 0.05) is 23.6 Å². The zero-order valence-corrected chi connectivity index (χ0v) is 18.5. The van der Waals surface area contributed by atoms with Crippen molar-refractivity contribution in [2.24, 2.45) is 34.0 Å². The van der Waals surface area contributed by atoms with E-state index in [1.54, 1.807) is 0 Å². The molecule has 4 aliphatic carbocycles. The molecule has 27 heavy (non-hydrogen) atoms. The molecule has 2 N–H and O–H groups in total. The van der Waals surface area contributed by atoms with Crippen LogP contribution in [0.5, 0.6) is 0 Å². The number of aliphatic hydroxyl groups is 2. The summed E-state index contributed by atoms with van der Waals surface area (Å²) in [5, 5.41) is 20.8. The Morgan fingerprint density at radius 2 is 2.04 bits per heavy atom. The second kappa shape index (κ2) is 6.30. The standard InChI is InChI=1S/C22H33BrO4/c1-12(25)27-17-10-22(4)14-5-6-20(2,19(23)11-24)8-13(14)16(26)7-18(22)21(3)9-15(17)21/h5,13,15-19,24,26H,6-11H2,1-4H3/t13-,15+,16-,17-,18-,19?,20+,21+,22+/m0/s1. The van der Waals surface area contributed by atoms with E-state index in [4.69, 9.17) is 4.74 Å². The van der Waals surface area contributed by atoms with Gasteiger partial charge in [0.2, 0.25) is 0 Å². The molecular weight excluding hydrogens is 408 g/mol. The minimum atomic E-state index is -0.323. The monoisotopic (exact) mass is 440 g/mol. The number of carbonyl (C=O) groups excluding carboxylic acids is 1. The average molecular weight is 441 g/mol. The number of ether oxygens (including phenoxy) is 1. The van der Waals surface area contributed by atoms with Crippen molar-refractivity contribution in [3.8, 4) is 0 Å². The first-order chi connectivity index (χ1) is 12.5. The SMILES string of the molecule is CC(=O)O[C@H]1C[C@]2(C)C3=CC[C@@](C)(C(Br)CO)C[C@@H]3[C@@H](O)C[C@H]2[C@]2(C)C[C@H]12. The lowest BCUT2D eigenvalue weighted by Gasteiger charge is -2.58. The van der Waals surface area contributed by atoms with Crippen LogP contribution in [0.2, 0.25) is 0 Å². The van der Waals surface area contributed by atoms with Crippen molar-refractivity contribution < 1.29 is 19.7 Å². The fraction of sp³-hybridized carbons (Fsp3) is 0.864. The van der Waals surface area contributed by atoms with Crippen LogP contribution in [0.1, 0.15) is 59.8 Å². The van der Waals surface area contributed by atoms with Crippen LogP contribution in [0, 0.1) is 34.0 Å². The Kier molecular flexibility index (Phi) is 4.65. The van der Waals surface area contributed by atoms with Gasteiger partial charge in [-0.1, -0.05) is 48.4 Å². The van der Waals surface area contributed by atoms with E-state index in [0.29, 0.717) is 11.8 Å². The highest BCUT2D eigenvalue weighted by atomic mass is 79.9. The molecule has 152 valence electrons. The highest BCUT2D eigenvalue weighted by Crippen LogP contribution is 2.74. The molecule has 0 bridgehead atoms. The van der Waals surface area contributed by atoms with E-state index < -0.39 is 0 Å². The van der Waals surface area contributed by atoms with Gasteiger partial charge in [-0.3, -0.25) is 4.79 Å². The zero-order valence-electron chi connectivity index (χ0n) is 16.9. The Labute approximate surface area is 170 Å². The lowest BCUT2D eigenvalue weighted by Crippen LogP contribution is -2.54. The number of allylic oxidation sites excluding steroid dienone is 1. The molecule has 3 fully saturated rings. The van der Waals surface area contributed by atoms with E-state index in [1.165, 1.54) is 12.5 Å². The van der Waals surface area contributed by atoms with Crippen molar-refractivity contribution in [2.75, 3.05) is 6.61 Å². The molecule has 4 rings (SSSR count). The van der Waals surface area contributed by atoms with E-state index in [0.717, 1.165) is 32.1 Å². The van der Waals surface area contributed by atoms with E-state index in [-0.39, 0.29) is 51.8 Å². The lowest BCUT2D eigenvalue weighted by atomic mass is 9.48. The minimum Gasteiger partial charge on any atom is -0.462 e. The number of hydrogen-bond acceptors (Lipinski definition) is 4. The van der Waals surface area contributed by atoms with Crippen LogP contribution in [0.15, 0.2) is 11.6 Å². The van der Waals surface area contributed by atoms with Gasteiger partial charge in [-0.15, -0.1) is 0 Å². The highest BCUT2D eigenvalue weighted by molar-refractivity contribution is 9.09. The zero-order chi connectivity index (χ0) is 19.8. The molecular formula is C22H33BrO4. The second-order valence-corrected chi connectivity index (χ2v) is 11.5. The van der Waals surface area contributed by atoms with E-state index in [1.807, 2.05) is 0 Å². The number of fused-ring (bicyclic) bond motifs is 5. The maximum absolute atomic E-state index is 11.7. The molecule has 5 heteroatoms. The van der Waals surface area contributed by atoms with Crippen LogP contribution in [0.25, 0.3) is 0 Å². The Hall–Kier alpha value is -0.390. The molecule has 0 heterocycles. The maximum Gasteiger partial charge on any atom is 0.302 e. The molecule has 4 nitrogen and oxygen atoms in total. The van der Waals surface area contributed by atoms with Gasteiger partial charge in [-0.05, 0) is 54.3 Å². The van der Waals surface area contributed by atoms with Crippen LogP contribution in [-0.4, -0.2) is 39.8 Å². The van der Waals surface area contributed by atoms with Gasteiger partial charge in [0.25, 0.3) is 0 Å². The summed E-state index contributed by atoms with van der Waals surface area (Å²) in [6.45, 7) is 8.50. The number of rotatable bonds is 3. The average Bonchev–Trinajstić information content (AvgIpc) is 3.29. The third kappa shape index (κ3) is 2.86. The molecule has 0 aromatic heterocycles. The van der Waals surface area contributed by atoms with Crippen molar-refractivity contribution in [2.45, 2.75) is 76.8 Å². The molecule has 0 aliphatic heterocycles. The number of halogens is 1. The van der Waals surface area contributed by atoms with Crippen molar-refractivity contribution in [1.29, 1.82) is 0 Å². The van der Waals surface area contributed by atoms with Gasteiger partial charge in [0.15, 0.2) is 0 Å². The molecule has 0 spiro atoms. The molecule has 0 aromatic rings. The highest BCUT2D eigenvalue weighted by Gasteiger charge is 2.70. The van der Waals surface area contributed by atoms with E-state index in [2.05, 4.69) is 42.8 Å². The summed E-state index contributed by atoms with van der Waals surface area (Å²) in [6.07, 6.45) is 6.63. The number of hydrogen-bond donors (Lipinski definition) is 2. The van der Waals surface area contributed by atoms with Crippen molar-refractivity contribution in [1.82, 2.24) is 0 Å². The Bertz CT molecular complexity index is 677. The van der Waals surface area contributed by atoms with Crippen LogP contribution in [0.4, 0.5) is 0 Å². The number of carbonyl (C=O) groups is 1. The topological polar surface area (TPSA) is 66.8 Å². The maximum atomic E-state index is 11.7. The van der Waals surface area contributed by atoms with Gasteiger partial charge in [0.05, 0.1) is 12.7 Å². The van der Waals surface area contributed by atoms with Crippen molar-refractivity contribution in [3.63, 3.8) is 0 Å². The fourth-order valence-electron chi connectivity index (χ4n) is 7.06. The predicted molar refractivity (Wildman–Crippen MR) is 107 cm³/mol. The van der Waals surface area contributed by atoms with Gasteiger partial charge in [-0.2, -0.15) is 0 Å². The Morgan fingerprint density at radius 1 is 1.33 bits per heavy atom. The van der Waals surface area contributed by atoms with Crippen molar-refractivity contribution >= 4 is 21.9 Å². The fourth-order valence-corrected chi connectivity index (χ4v) is 7.43. The summed E-state index contributed by atoms with van der Waals surface area (Å²) < 4.78 is 5.76. The summed E-state index contributed by atoms with van der Waals surface area (Å²) >= 11 is 3.66. The first-order valence-corrected chi connectivity index (χ1v) is 11.3. The van der Waals surface area contributed by atoms with Crippen LogP contribution < -0.4 is 0 Å². The lowest BCUT2D eigenvalue weighted by molar-refractivity contribution is -0.156. The minimum absolute atomic E-state index is 0.000202. The Balaban J connectivity index is 1.69. The third-order valence-corrected chi connectivity index (χ3v) is 10.1.